The van der Waals surface area contributed by atoms with Crippen LogP contribution >= 0.6 is 0 Å². The quantitative estimate of drug-likeness (QED) is 0.914. The molecule has 0 aliphatic heterocycles. The lowest BCUT2D eigenvalue weighted by Gasteiger charge is -2.26. The van der Waals surface area contributed by atoms with Gasteiger partial charge in [-0.15, -0.1) is 0 Å². The highest BCUT2D eigenvalue weighted by Crippen LogP contribution is 2.55. The van der Waals surface area contributed by atoms with Gasteiger partial charge in [0.05, 0.1) is 0 Å². The lowest BCUT2D eigenvalue weighted by atomic mass is 10.0. The third-order valence-electron chi connectivity index (χ3n) is 5.13. The molecule has 2 unspecified atom stereocenters. The van der Waals surface area contributed by atoms with Crippen LogP contribution in [0.3, 0.4) is 0 Å². The molecule has 1 aromatic rings. The second kappa shape index (κ2) is 4.51. The predicted molar refractivity (Wildman–Crippen MR) is 76.0 cm³/mol. The molecule has 0 aromatic heterocycles. The Morgan fingerprint density at radius 1 is 1.20 bits per heavy atom. The van der Waals surface area contributed by atoms with Crippen LogP contribution in [0, 0.1) is 17.8 Å². The summed E-state index contributed by atoms with van der Waals surface area (Å²) in [5.74, 6) is 2.63. The fraction of sp³-hybridized carbons (Fsp3) is 0.588. The molecule has 3 nitrogen and oxygen atoms in total. The van der Waals surface area contributed by atoms with E-state index in [9.17, 15) is 9.90 Å². The molecule has 4 rings (SSSR count). The van der Waals surface area contributed by atoms with Gasteiger partial charge in [0, 0.05) is 18.5 Å². The molecule has 1 aromatic carbocycles. The first-order chi connectivity index (χ1) is 9.70. The normalized spacial score (nSPS) is 30.9. The summed E-state index contributed by atoms with van der Waals surface area (Å²) in [5.41, 5.74) is 1.04. The number of benzene rings is 1. The van der Waals surface area contributed by atoms with Gasteiger partial charge in [0.15, 0.2) is 0 Å². The van der Waals surface area contributed by atoms with Gasteiger partial charge in [0.1, 0.15) is 5.75 Å². The van der Waals surface area contributed by atoms with Crippen LogP contribution in [0.1, 0.15) is 37.7 Å². The lowest BCUT2D eigenvalue weighted by molar-refractivity contribution is -0.137. The Bertz CT molecular complexity index is 528. The van der Waals surface area contributed by atoms with Gasteiger partial charge in [-0.05, 0) is 61.6 Å². The van der Waals surface area contributed by atoms with Crippen molar-refractivity contribution in [1.82, 2.24) is 4.90 Å². The average Bonchev–Trinajstić information content (AvgIpc) is 3.35. The molecular weight excluding hydrogens is 250 g/mol. The number of carbonyl (C=O) groups excluding carboxylic acids is 1. The Balaban J connectivity index is 1.48. The molecule has 0 saturated heterocycles. The monoisotopic (exact) mass is 271 g/mol. The fourth-order valence-electron chi connectivity index (χ4n) is 3.78. The van der Waals surface area contributed by atoms with Crippen LogP contribution in [0.5, 0.6) is 5.75 Å². The first kappa shape index (κ1) is 12.2. The SMILES string of the molecule is O=C(C1CC2CC2C1)N(Cc1cccc(O)c1)C1CC1. The molecule has 0 heterocycles. The minimum absolute atomic E-state index is 0.275. The highest BCUT2D eigenvalue weighted by atomic mass is 16.3. The average molecular weight is 271 g/mol. The van der Waals surface area contributed by atoms with E-state index in [2.05, 4.69) is 4.90 Å². The maximum Gasteiger partial charge on any atom is 0.226 e. The van der Waals surface area contributed by atoms with Gasteiger partial charge in [-0.1, -0.05) is 12.1 Å². The molecule has 3 aliphatic carbocycles. The number of carbonyl (C=O) groups is 1. The van der Waals surface area contributed by atoms with E-state index in [4.69, 9.17) is 0 Å². The van der Waals surface area contributed by atoms with Gasteiger partial charge in [-0.25, -0.2) is 0 Å². The molecule has 1 N–H and O–H groups in total. The van der Waals surface area contributed by atoms with Crippen LogP contribution in [0.15, 0.2) is 24.3 Å². The highest BCUT2D eigenvalue weighted by Gasteiger charge is 2.49. The summed E-state index contributed by atoms with van der Waals surface area (Å²) in [6.45, 7) is 0.656. The first-order valence-electron chi connectivity index (χ1n) is 7.79. The Morgan fingerprint density at radius 2 is 1.95 bits per heavy atom. The molecule has 0 radical (unpaired) electrons. The van der Waals surface area contributed by atoms with E-state index >= 15 is 0 Å². The first-order valence-corrected chi connectivity index (χ1v) is 7.79. The number of rotatable bonds is 4. The summed E-state index contributed by atoms with van der Waals surface area (Å²) < 4.78 is 0. The number of hydrogen-bond acceptors (Lipinski definition) is 2. The summed E-state index contributed by atoms with van der Waals surface area (Å²) in [4.78, 5) is 14.8. The molecule has 1 amide bonds. The summed E-state index contributed by atoms with van der Waals surface area (Å²) in [6, 6.07) is 7.74. The molecular formula is C17H21NO2. The summed E-state index contributed by atoms with van der Waals surface area (Å²) in [7, 11) is 0. The number of fused-ring (bicyclic) bond motifs is 1. The van der Waals surface area contributed by atoms with Gasteiger partial charge in [-0.2, -0.15) is 0 Å². The van der Waals surface area contributed by atoms with Crippen LogP contribution in [0.4, 0.5) is 0 Å². The van der Waals surface area contributed by atoms with Gasteiger partial charge in [0.25, 0.3) is 0 Å². The van der Waals surface area contributed by atoms with E-state index in [1.807, 2.05) is 12.1 Å². The number of amides is 1. The molecule has 0 spiro atoms. The number of nitrogens with zero attached hydrogens (tertiary/aromatic N) is 1. The molecule has 3 heteroatoms. The Hall–Kier alpha value is -1.51. The minimum Gasteiger partial charge on any atom is -0.508 e. The van der Waals surface area contributed by atoms with Crippen LogP contribution in [0.2, 0.25) is 0 Å². The Kier molecular flexibility index (Phi) is 2.76. The highest BCUT2D eigenvalue weighted by molar-refractivity contribution is 5.80. The van der Waals surface area contributed by atoms with Crippen molar-refractivity contribution < 1.29 is 9.90 Å². The van der Waals surface area contributed by atoms with Gasteiger partial charge < -0.3 is 10.0 Å². The standard InChI is InChI=1S/C17H21NO2/c19-16-3-1-2-11(6-16)10-18(15-4-5-15)17(20)14-8-12-7-13(12)9-14/h1-3,6,12-15,19H,4-5,7-10H2. The zero-order valence-electron chi connectivity index (χ0n) is 11.7. The van der Waals surface area contributed by atoms with Crippen molar-refractivity contribution in [3.05, 3.63) is 29.8 Å². The van der Waals surface area contributed by atoms with E-state index in [-0.39, 0.29) is 11.7 Å². The van der Waals surface area contributed by atoms with Crippen LogP contribution in [0.25, 0.3) is 0 Å². The van der Waals surface area contributed by atoms with Crippen LogP contribution in [-0.4, -0.2) is 22.0 Å². The second-order valence-electron chi connectivity index (χ2n) is 6.79. The van der Waals surface area contributed by atoms with Crippen molar-refractivity contribution in [2.45, 2.75) is 44.7 Å². The molecule has 3 aliphatic rings. The van der Waals surface area contributed by atoms with Gasteiger partial charge >= 0.3 is 0 Å². The predicted octanol–water partition coefficient (Wildman–Crippen LogP) is 2.93. The zero-order chi connectivity index (χ0) is 13.7. The summed E-state index contributed by atoms with van der Waals surface area (Å²) in [6.07, 6.45) is 5.88. The van der Waals surface area contributed by atoms with Crippen LogP contribution in [-0.2, 0) is 11.3 Å². The van der Waals surface area contributed by atoms with Crippen molar-refractivity contribution in [3.8, 4) is 5.75 Å². The molecule has 3 saturated carbocycles. The number of phenols is 1. The van der Waals surface area contributed by atoms with Crippen molar-refractivity contribution in [3.63, 3.8) is 0 Å². The minimum atomic E-state index is 0.275. The topological polar surface area (TPSA) is 40.5 Å². The van der Waals surface area contributed by atoms with Gasteiger partial charge in [-0.3, -0.25) is 4.79 Å². The van der Waals surface area contributed by atoms with E-state index < -0.39 is 0 Å². The maximum atomic E-state index is 12.7. The molecule has 20 heavy (non-hydrogen) atoms. The van der Waals surface area contributed by atoms with Crippen molar-refractivity contribution in [2.75, 3.05) is 0 Å². The van der Waals surface area contributed by atoms with Crippen molar-refractivity contribution in [1.29, 1.82) is 0 Å². The number of aromatic hydroxyl groups is 1. The van der Waals surface area contributed by atoms with E-state index in [1.54, 1.807) is 12.1 Å². The Morgan fingerprint density at radius 3 is 2.60 bits per heavy atom. The van der Waals surface area contributed by atoms with Crippen LogP contribution < -0.4 is 0 Å². The largest absolute Gasteiger partial charge is 0.508 e. The van der Waals surface area contributed by atoms with E-state index in [0.717, 1.165) is 43.1 Å². The smallest absolute Gasteiger partial charge is 0.226 e. The molecule has 0 bridgehead atoms. The number of hydrogen-bond donors (Lipinski definition) is 1. The third-order valence-corrected chi connectivity index (χ3v) is 5.13. The van der Waals surface area contributed by atoms with Gasteiger partial charge in [0.2, 0.25) is 5.91 Å². The van der Waals surface area contributed by atoms with E-state index in [1.165, 1.54) is 6.42 Å². The molecule has 106 valence electrons. The van der Waals surface area contributed by atoms with Crippen molar-refractivity contribution in [2.24, 2.45) is 17.8 Å². The number of phenolic OH excluding ortho intramolecular Hbond substituents is 1. The second-order valence-corrected chi connectivity index (χ2v) is 6.79. The summed E-state index contributed by atoms with van der Waals surface area (Å²) >= 11 is 0. The summed E-state index contributed by atoms with van der Waals surface area (Å²) in [5, 5.41) is 9.57. The lowest BCUT2D eigenvalue weighted by Crippen LogP contribution is -2.37. The Labute approximate surface area is 119 Å². The third kappa shape index (κ3) is 2.30. The zero-order valence-corrected chi connectivity index (χ0v) is 11.7. The van der Waals surface area contributed by atoms with Crippen molar-refractivity contribution >= 4 is 5.91 Å². The fourth-order valence-corrected chi connectivity index (χ4v) is 3.78. The molecule has 2 atom stereocenters. The molecule has 3 fully saturated rings. The maximum absolute atomic E-state index is 12.7. The van der Waals surface area contributed by atoms with E-state index in [0.29, 0.717) is 18.5 Å².